The average Bonchev–Trinajstić information content (AvgIpc) is 3.01. The topological polar surface area (TPSA) is 35.6 Å². The molecule has 0 aromatic heterocycles. The van der Waals surface area contributed by atoms with Crippen LogP contribution in [0.1, 0.15) is 25.7 Å². The summed E-state index contributed by atoms with van der Waals surface area (Å²) < 4.78 is 0. The number of nitrogens with one attached hydrogen (secondary N) is 1. The maximum atomic E-state index is 12.1. The number of carbonyl (C=O) groups is 1. The smallest absolute Gasteiger partial charge is 0.234 e. The zero-order chi connectivity index (χ0) is 15.4. The van der Waals surface area contributed by atoms with Gasteiger partial charge in [0.05, 0.1) is 6.54 Å². The molecule has 2 fully saturated rings. The Hall–Kier alpha value is -1.26. The zero-order valence-corrected chi connectivity index (χ0v) is 13.7. The van der Waals surface area contributed by atoms with Crippen molar-refractivity contribution in [1.82, 2.24) is 10.2 Å². The van der Waals surface area contributed by atoms with Crippen LogP contribution < -0.4 is 10.2 Å². The van der Waals surface area contributed by atoms with Crippen LogP contribution in [-0.2, 0) is 4.79 Å². The SMILES string of the molecule is O=C(CN1CCN(c2cccc(Cl)c2)CC1)NC1CCCC1. The van der Waals surface area contributed by atoms with Crippen molar-refractivity contribution in [3.05, 3.63) is 29.3 Å². The Kier molecular flexibility index (Phi) is 5.21. The van der Waals surface area contributed by atoms with Gasteiger partial charge in [-0.05, 0) is 31.0 Å². The maximum absolute atomic E-state index is 12.1. The van der Waals surface area contributed by atoms with Crippen LogP contribution in [0.4, 0.5) is 5.69 Å². The van der Waals surface area contributed by atoms with Gasteiger partial charge in [0.1, 0.15) is 0 Å². The molecule has 2 aliphatic rings. The number of benzene rings is 1. The van der Waals surface area contributed by atoms with Crippen molar-refractivity contribution >= 4 is 23.2 Å². The van der Waals surface area contributed by atoms with Gasteiger partial charge < -0.3 is 10.2 Å². The number of anilines is 1. The third kappa shape index (κ3) is 4.14. The van der Waals surface area contributed by atoms with Crippen LogP contribution in [0.2, 0.25) is 5.02 Å². The fraction of sp³-hybridized carbons (Fsp3) is 0.588. The fourth-order valence-corrected chi connectivity index (χ4v) is 3.57. The molecule has 1 saturated carbocycles. The Morgan fingerprint density at radius 1 is 1.18 bits per heavy atom. The second kappa shape index (κ2) is 7.34. The van der Waals surface area contributed by atoms with Crippen LogP contribution in [0.5, 0.6) is 0 Å². The minimum atomic E-state index is 0.183. The minimum absolute atomic E-state index is 0.183. The molecule has 1 aromatic carbocycles. The molecule has 0 spiro atoms. The van der Waals surface area contributed by atoms with Crippen molar-refractivity contribution in [2.45, 2.75) is 31.7 Å². The van der Waals surface area contributed by atoms with Crippen LogP contribution >= 0.6 is 11.6 Å². The largest absolute Gasteiger partial charge is 0.369 e. The van der Waals surface area contributed by atoms with E-state index in [1.54, 1.807) is 0 Å². The minimum Gasteiger partial charge on any atom is -0.369 e. The van der Waals surface area contributed by atoms with E-state index in [1.165, 1.54) is 18.5 Å². The molecule has 0 atom stereocenters. The third-order valence-electron chi connectivity index (χ3n) is 4.63. The van der Waals surface area contributed by atoms with Crippen LogP contribution in [0.25, 0.3) is 0 Å². The molecule has 4 nitrogen and oxygen atoms in total. The predicted molar refractivity (Wildman–Crippen MR) is 90.5 cm³/mol. The number of hydrogen-bond acceptors (Lipinski definition) is 3. The van der Waals surface area contributed by atoms with Gasteiger partial charge in [0.2, 0.25) is 5.91 Å². The number of nitrogens with zero attached hydrogens (tertiary/aromatic N) is 2. The Labute approximate surface area is 137 Å². The lowest BCUT2D eigenvalue weighted by atomic mass is 10.2. The van der Waals surface area contributed by atoms with Crippen molar-refractivity contribution in [2.24, 2.45) is 0 Å². The van der Waals surface area contributed by atoms with E-state index < -0.39 is 0 Å². The van der Waals surface area contributed by atoms with E-state index in [1.807, 2.05) is 18.2 Å². The standard InChI is InChI=1S/C17H24ClN3O/c18-14-4-3-7-16(12-14)21-10-8-20(9-11-21)13-17(22)19-15-5-1-2-6-15/h3-4,7,12,15H,1-2,5-6,8-11,13H2,(H,19,22). The summed E-state index contributed by atoms with van der Waals surface area (Å²) in [5.41, 5.74) is 1.17. The van der Waals surface area contributed by atoms with Gasteiger partial charge in [-0.1, -0.05) is 30.5 Å². The van der Waals surface area contributed by atoms with Crippen LogP contribution in [0.3, 0.4) is 0 Å². The molecule has 1 heterocycles. The van der Waals surface area contributed by atoms with E-state index in [4.69, 9.17) is 11.6 Å². The van der Waals surface area contributed by atoms with Gasteiger partial charge in [-0.25, -0.2) is 0 Å². The third-order valence-corrected chi connectivity index (χ3v) is 4.87. The second-order valence-corrected chi connectivity index (χ2v) is 6.73. The zero-order valence-electron chi connectivity index (χ0n) is 12.9. The lowest BCUT2D eigenvalue weighted by Gasteiger charge is -2.36. The molecule has 120 valence electrons. The molecular formula is C17H24ClN3O. The first-order valence-electron chi connectivity index (χ1n) is 8.23. The Morgan fingerprint density at radius 3 is 2.59 bits per heavy atom. The van der Waals surface area contributed by atoms with E-state index in [0.717, 1.165) is 44.0 Å². The van der Waals surface area contributed by atoms with E-state index in [9.17, 15) is 4.79 Å². The molecule has 1 aliphatic carbocycles. The van der Waals surface area contributed by atoms with Crippen LogP contribution in [0, 0.1) is 0 Å². The van der Waals surface area contributed by atoms with Crippen molar-refractivity contribution < 1.29 is 4.79 Å². The van der Waals surface area contributed by atoms with Gasteiger partial charge in [-0.15, -0.1) is 0 Å². The van der Waals surface area contributed by atoms with Crippen molar-refractivity contribution in [3.63, 3.8) is 0 Å². The first-order chi connectivity index (χ1) is 10.7. The highest BCUT2D eigenvalue weighted by Gasteiger charge is 2.21. The molecule has 1 N–H and O–H groups in total. The summed E-state index contributed by atoms with van der Waals surface area (Å²) in [5.74, 6) is 0.183. The highest BCUT2D eigenvalue weighted by Crippen LogP contribution is 2.21. The van der Waals surface area contributed by atoms with E-state index in [0.29, 0.717) is 12.6 Å². The first-order valence-corrected chi connectivity index (χ1v) is 8.61. The normalized spacial score (nSPS) is 20.3. The van der Waals surface area contributed by atoms with E-state index >= 15 is 0 Å². The summed E-state index contributed by atoms with van der Waals surface area (Å²) >= 11 is 6.05. The Morgan fingerprint density at radius 2 is 1.91 bits per heavy atom. The highest BCUT2D eigenvalue weighted by molar-refractivity contribution is 6.30. The molecule has 1 saturated heterocycles. The summed E-state index contributed by atoms with van der Waals surface area (Å²) in [6.07, 6.45) is 4.80. The lowest BCUT2D eigenvalue weighted by molar-refractivity contribution is -0.123. The molecule has 0 bridgehead atoms. The Balaban J connectivity index is 1.44. The number of hydrogen-bond donors (Lipinski definition) is 1. The van der Waals surface area contributed by atoms with Crippen LogP contribution in [0.15, 0.2) is 24.3 Å². The quantitative estimate of drug-likeness (QED) is 0.925. The van der Waals surface area contributed by atoms with E-state index in [-0.39, 0.29) is 5.91 Å². The number of amides is 1. The van der Waals surface area contributed by atoms with Gasteiger partial charge >= 0.3 is 0 Å². The average molecular weight is 322 g/mol. The van der Waals surface area contributed by atoms with Gasteiger partial charge in [0, 0.05) is 42.9 Å². The number of carbonyl (C=O) groups excluding carboxylic acids is 1. The molecular weight excluding hydrogens is 298 g/mol. The summed E-state index contributed by atoms with van der Waals surface area (Å²) in [5, 5.41) is 3.94. The predicted octanol–water partition coefficient (Wildman–Crippen LogP) is 2.52. The Bertz CT molecular complexity index is 508. The van der Waals surface area contributed by atoms with Crippen molar-refractivity contribution in [3.8, 4) is 0 Å². The molecule has 3 rings (SSSR count). The summed E-state index contributed by atoms with van der Waals surface area (Å²) in [6.45, 7) is 4.25. The van der Waals surface area contributed by atoms with Gasteiger partial charge in [0.15, 0.2) is 0 Å². The molecule has 5 heteroatoms. The second-order valence-electron chi connectivity index (χ2n) is 6.29. The van der Waals surface area contributed by atoms with Gasteiger partial charge in [-0.3, -0.25) is 9.69 Å². The lowest BCUT2D eigenvalue weighted by Crippen LogP contribution is -2.50. The molecule has 22 heavy (non-hydrogen) atoms. The van der Waals surface area contributed by atoms with Crippen molar-refractivity contribution in [2.75, 3.05) is 37.6 Å². The summed E-state index contributed by atoms with van der Waals surface area (Å²) in [6, 6.07) is 8.40. The van der Waals surface area contributed by atoms with Gasteiger partial charge in [0.25, 0.3) is 0 Å². The van der Waals surface area contributed by atoms with E-state index in [2.05, 4.69) is 21.2 Å². The molecule has 0 radical (unpaired) electrons. The number of rotatable bonds is 4. The van der Waals surface area contributed by atoms with Crippen molar-refractivity contribution in [1.29, 1.82) is 0 Å². The molecule has 1 amide bonds. The maximum Gasteiger partial charge on any atom is 0.234 e. The molecule has 1 aromatic rings. The number of halogens is 1. The fourth-order valence-electron chi connectivity index (χ4n) is 3.38. The summed E-state index contributed by atoms with van der Waals surface area (Å²) in [7, 11) is 0. The van der Waals surface area contributed by atoms with Crippen LogP contribution in [-0.4, -0.2) is 49.6 Å². The molecule has 1 aliphatic heterocycles. The van der Waals surface area contributed by atoms with Gasteiger partial charge in [-0.2, -0.15) is 0 Å². The first kappa shape index (κ1) is 15.6. The number of piperazine rings is 1. The summed E-state index contributed by atoms with van der Waals surface area (Å²) in [4.78, 5) is 16.7. The molecule has 0 unspecified atom stereocenters. The highest BCUT2D eigenvalue weighted by atomic mass is 35.5. The monoisotopic (exact) mass is 321 g/mol.